The Morgan fingerprint density at radius 3 is 2.64 bits per heavy atom. The number of benzene rings is 2. The third kappa shape index (κ3) is 3.87. The fourth-order valence-electron chi connectivity index (χ4n) is 2.93. The molecule has 0 fully saturated rings. The molecular weight excluding hydrogens is 380 g/mol. The van der Waals surface area contributed by atoms with Crippen molar-refractivity contribution in [1.82, 2.24) is 4.57 Å². The zero-order valence-electron chi connectivity index (χ0n) is 14.9. The first-order chi connectivity index (χ1) is 13.6. The Balaban J connectivity index is 1.47. The van der Waals surface area contributed by atoms with Crippen molar-refractivity contribution in [1.29, 1.82) is 0 Å². The van der Waals surface area contributed by atoms with E-state index in [2.05, 4.69) is 5.32 Å². The normalized spacial score (nSPS) is 12.5. The van der Waals surface area contributed by atoms with E-state index in [1.54, 1.807) is 41.1 Å². The molecule has 0 saturated carbocycles. The van der Waals surface area contributed by atoms with Gasteiger partial charge in [-0.1, -0.05) is 29.8 Å². The van der Waals surface area contributed by atoms with Gasteiger partial charge in [-0.05, 0) is 35.9 Å². The van der Waals surface area contributed by atoms with Crippen LogP contribution >= 0.6 is 11.6 Å². The lowest BCUT2D eigenvalue weighted by molar-refractivity contribution is 0.102. The maximum absolute atomic E-state index is 12.6. The molecule has 0 unspecified atom stereocenters. The predicted octanol–water partition coefficient (Wildman–Crippen LogP) is 3.57. The van der Waals surface area contributed by atoms with Gasteiger partial charge in [0.1, 0.15) is 13.2 Å². The van der Waals surface area contributed by atoms with E-state index in [1.165, 1.54) is 6.07 Å². The Morgan fingerprint density at radius 2 is 1.86 bits per heavy atom. The SMILES string of the molecule is O=C(Nc1ccc(Cn2ccccc2=O)cc1)c1cc(Cl)c2c(c1)OCCO2. The van der Waals surface area contributed by atoms with Gasteiger partial charge in [0.15, 0.2) is 11.5 Å². The summed E-state index contributed by atoms with van der Waals surface area (Å²) < 4.78 is 12.6. The number of anilines is 1. The van der Waals surface area contributed by atoms with Gasteiger partial charge in [0, 0.05) is 23.5 Å². The van der Waals surface area contributed by atoms with Crippen molar-refractivity contribution in [3.63, 3.8) is 0 Å². The minimum atomic E-state index is -0.300. The maximum Gasteiger partial charge on any atom is 0.255 e. The average Bonchev–Trinajstić information content (AvgIpc) is 2.71. The number of amides is 1. The minimum Gasteiger partial charge on any atom is -0.486 e. The standard InChI is InChI=1S/C21H17ClN2O4/c22-17-11-15(12-18-20(17)28-10-9-27-18)21(26)23-16-6-4-14(5-7-16)13-24-8-2-1-3-19(24)25/h1-8,11-12H,9-10,13H2,(H,23,26). The molecule has 0 spiro atoms. The lowest BCUT2D eigenvalue weighted by Crippen LogP contribution is -2.18. The van der Waals surface area contributed by atoms with E-state index in [0.29, 0.717) is 47.5 Å². The third-order valence-electron chi connectivity index (χ3n) is 4.32. The van der Waals surface area contributed by atoms with Crippen LogP contribution in [0.15, 0.2) is 65.6 Å². The second-order valence-electron chi connectivity index (χ2n) is 6.30. The van der Waals surface area contributed by atoms with Crippen LogP contribution in [0, 0.1) is 0 Å². The molecule has 1 aromatic heterocycles. The molecule has 0 atom stereocenters. The number of carbonyl (C=O) groups is 1. The fraction of sp³-hybridized carbons (Fsp3) is 0.143. The first-order valence-corrected chi connectivity index (χ1v) is 9.13. The molecule has 0 bridgehead atoms. The first kappa shape index (κ1) is 18.1. The summed E-state index contributed by atoms with van der Waals surface area (Å²) in [6, 6.07) is 15.5. The molecule has 28 heavy (non-hydrogen) atoms. The Morgan fingerprint density at radius 1 is 1.07 bits per heavy atom. The summed E-state index contributed by atoms with van der Waals surface area (Å²) in [5.41, 5.74) is 1.92. The summed E-state index contributed by atoms with van der Waals surface area (Å²) in [7, 11) is 0. The lowest BCUT2D eigenvalue weighted by Gasteiger charge is -2.20. The van der Waals surface area contributed by atoms with Crippen molar-refractivity contribution >= 4 is 23.2 Å². The zero-order valence-corrected chi connectivity index (χ0v) is 15.6. The van der Waals surface area contributed by atoms with Gasteiger partial charge >= 0.3 is 0 Å². The van der Waals surface area contributed by atoms with E-state index in [-0.39, 0.29) is 11.5 Å². The first-order valence-electron chi connectivity index (χ1n) is 8.75. The van der Waals surface area contributed by atoms with Crippen LogP contribution in [0.25, 0.3) is 0 Å². The molecule has 3 aromatic rings. The number of nitrogens with one attached hydrogen (secondary N) is 1. The topological polar surface area (TPSA) is 69.6 Å². The molecule has 7 heteroatoms. The summed E-state index contributed by atoms with van der Waals surface area (Å²) in [6.07, 6.45) is 1.74. The molecular formula is C21H17ClN2O4. The van der Waals surface area contributed by atoms with Crippen LogP contribution < -0.4 is 20.3 Å². The van der Waals surface area contributed by atoms with Gasteiger partial charge < -0.3 is 19.4 Å². The van der Waals surface area contributed by atoms with Crippen LogP contribution in [0.5, 0.6) is 11.5 Å². The minimum absolute atomic E-state index is 0.0598. The Kier molecular flexibility index (Phi) is 5.04. The van der Waals surface area contributed by atoms with E-state index in [9.17, 15) is 9.59 Å². The van der Waals surface area contributed by atoms with Crippen molar-refractivity contribution in [3.05, 3.63) is 87.3 Å². The van der Waals surface area contributed by atoms with Crippen molar-refractivity contribution in [2.45, 2.75) is 6.54 Å². The average molecular weight is 397 g/mol. The molecule has 6 nitrogen and oxygen atoms in total. The fourth-order valence-corrected chi connectivity index (χ4v) is 3.19. The number of ether oxygens (including phenoxy) is 2. The Labute approximate surface area is 166 Å². The molecule has 1 aliphatic rings. The highest BCUT2D eigenvalue weighted by molar-refractivity contribution is 6.32. The molecule has 142 valence electrons. The highest BCUT2D eigenvalue weighted by Gasteiger charge is 2.19. The van der Waals surface area contributed by atoms with Crippen LogP contribution in [-0.4, -0.2) is 23.7 Å². The summed E-state index contributed by atoms with van der Waals surface area (Å²) >= 11 is 6.19. The largest absolute Gasteiger partial charge is 0.486 e. The van der Waals surface area contributed by atoms with E-state index in [1.807, 2.05) is 18.2 Å². The lowest BCUT2D eigenvalue weighted by atomic mass is 10.1. The van der Waals surface area contributed by atoms with E-state index in [0.717, 1.165) is 5.56 Å². The van der Waals surface area contributed by atoms with Gasteiger partial charge in [0.2, 0.25) is 0 Å². The van der Waals surface area contributed by atoms with Crippen LogP contribution in [0.3, 0.4) is 0 Å². The summed E-state index contributed by atoms with van der Waals surface area (Å²) in [4.78, 5) is 24.4. The highest BCUT2D eigenvalue weighted by atomic mass is 35.5. The number of fused-ring (bicyclic) bond motifs is 1. The Hall–Kier alpha value is -3.25. The van der Waals surface area contributed by atoms with E-state index in [4.69, 9.17) is 21.1 Å². The van der Waals surface area contributed by atoms with Gasteiger partial charge in [-0.25, -0.2) is 0 Å². The third-order valence-corrected chi connectivity index (χ3v) is 4.60. The number of rotatable bonds is 4. The van der Waals surface area contributed by atoms with Crippen LogP contribution in [0.1, 0.15) is 15.9 Å². The molecule has 1 amide bonds. The van der Waals surface area contributed by atoms with Crippen molar-refractivity contribution in [2.24, 2.45) is 0 Å². The smallest absolute Gasteiger partial charge is 0.255 e. The predicted molar refractivity (Wildman–Crippen MR) is 107 cm³/mol. The maximum atomic E-state index is 12.6. The Bertz CT molecular complexity index is 1080. The van der Waals surface area contributed by atoms with Crippen LogP contribution in [0.2, 0.25) is 5.02 Å². The molecule has 0 radical (unpaired) electrons. The second kappa shape index (κ2) is 7.78. The summed E-state index contributed by atoms with van der Waals surface area (Å²) in [5, 5.41) is 3.17. The molecule has 0 aliphatic carbocycles. The summed E-state index contributed by atoms with van der Waals surface area (Å²) in [6.45, 7) is 1.31. The highest BCUT2D eigenvalue weighted by Crippen LogP contribution is 2.38. The number of hydrogen-bond donors (Lipinski definition) is 1. The van der Waals surface area contributed by atoms with E-state index < -0.39 is 0 Å². The number of aromatic nitrogens is 1. The number of nitrogens with zero attached hydrogens (tertiary/aromatic N) is 1. The molecule has 2 heterocycles. The molecule has 4 rings (SSSR count). The molecule has 1 N–H and O–H groups in total. The van der Waals surface area contributed by atoms with Crippen molar-refractivity contribution < 1.29 is 14.3 Å². The number of halogens is 1. The molecule has 0 saturated heterocycles. The molecule has 2 aromatic carbocycles. The van der Waals surface area contributed by atoms with Crippen molar-refractivity contribution in [2.75, 3.05) is 18.5 Å². The van der Waals surface area contributed by atoms with E-state index >= 15 is 0 Å². The van der Waals surface area contributed by atoms with Gasteiger partial charge in [0.05, 0.1) is 11.6 Å². The van der Waals surface area contributed by atoms with Gasteiger partial charge in [-0.3, -0.25) is 9.59 Å². The zero-order chi connectivity index (χ0) is 19.5. The van der Waals surface area contributed by atoms with Gasteiger partial charge in [-0.15, -0.1) is 0 Å². The van der Waals surface area contributed by atoms with Crippen molar-refractivity contribution in [3.8, 4) is 11.5 Å². The van der Waals surface area contributed by atoms with Crippen LogP contribution in [0.4, 0.5) is 5.69 Å². The number of pyridine rings is 1. The van der Waals surface area contributed by atoms with Gasteiger partial charge in [-0.2, -0.15) is 0 Å². The summed E-state index contributed by atoms with van der Waals surface area (Å²) in [5.74, 6) is 0.628. The monoisotopic (exact) mass is 396 g/mol. The second-order valence-corrected chi connectivity index (χ2v) is 6.71. The number of carbonyl (C=O) groups excluding carboxylic acids is 1. The number of hydrogen-bond acceptors (Lipinski definition) is 4. The molecule has 1 aliphatic heterocycles. The van der Waals surface area contributed by atoms with Gasteiger partial charge in [0.25, 0.3) is 11.5 Å². The van der Waals surface area contributed by atoms with Crippen LogP contribution in [-0.2, 0) is 6.54 Å². The quantitative estimate of drug-likeness (QED) is 0.732.